The van der Waals surface area contributed by atoms with E-state index < -0.39 is 0 Å². The van der Waals surface area contributed by atoms with Crippen LogP contribution in [-0.2, 0) is 0 Å². The van der Waals surface area contributed by atoms with E-state index in [0.29, 0.717) is 17.5 Å². The van der Waals surface area contributed by atoms with Gasteiger partial charge in [-0.2, -0.15) is 0 Å². The highest BCUT2D eigenvalue weighted by molar-refractivity contribution is 5.78. The van der Waals surface area contributed by atoms with Crippen LogP contribution in [0.4, 0.5) is 10.3 Å². The molecule has 84 valence electrons. The summed E-state index contributed by atoms with van der Waals surface area (Å²) < 4.78 is 15.1. The molecule has 1 atom stereocenters. The van der Waals surface area contributed by atoms with E-state index in [-0.39, 0.29) is 11.2 Å². The number of benzene rings is 1. The first kappa shape index (κ1) is 9.63. The maximum Gasteiger partial charge on any atom is 0.201 e. The van der Waals surface area contributed by atoms with Crippen molar-refractivity contribution in [1.29, 1.82) is 0 Å². The summed E-state index contributed by atoms with van der Waals surface area (Å²) in [5.74, 6) is 0.211. The van der Waals surface area contributed by atoms with Gasteiger partial charge in [0.15, 0.2) is 0 Å². The van der Waals surface area contributed by atoms with Crippen LogP contribution in [0.25, 0.3) is 11.0 Å². The van der Waals surface area contributed by atoms with Gasteiger partial charge in [-0.15, -0.1) is 0 Å². The molecule has 1 heterocycles. The van der Waals surface area contributed by atoms with Crippen LogP contribution in [0.2, 0.25) is 0 Å². The monoisotopic (exact) mass is 219 g/mol. The van der Waals surface area contributed by atoms with Gasteiger partial charge in [-0.25, -0.2) is 9.37 Å². The molecular formula is C12H14FN3. The van der Waals surface area contributed by atoms with Crippen molar-refractivity contribution in [2.75, 3.05) is 5.73 Å². The molecule has 0 spiro atoms. The number of nitrogen functional groups attached to an aromatic ring is 1. The molecule has 1 aromatic carbocycles. The number of fused-ring (bicyclic) bond motifs is 1. The molecule has 2 N–H and O–H groups in total. The number of hydrogen-bond acceptors (Lipinski definition) is 2. The number of hydrogen-bond donors (Lipinski definition) is 1. The highest BCUT2D eigenvalue weighted by Crippen LogP contribution is 2.57. The molecule has 0 amide bonds. The predicted octanol–water partition coefficient (Wildman–Crippen LogP) is 2.73. The van der Waals surface area contributed by atoms with Crippen LogP contribution in [0.3, 0.4) is 0 Å². The van der Waals surface area contributed by atoms with E-state index in [1.807, 2.05) is 4.57 Å². The summed E-state index contributed by atoms with van der Waals surface area (Å²) in [5, 5.41) is 0. The summed E-state index contributed by atoms with van der Waals surface area (Å²) in [6, 6.07) is 5.03. The Morgan fingerprint density at radius 2 is 2.19 bits per heavy atom. The summed E-state index contributed by atoms with van der Waals surface area (Å²) in [6.07, 6.45) is 1.10. The van der Waals surface area contributed by atoms with Crippen LogP contribution < -0.4 is 5.73 Å². The molecule has 1 aliphatic rings. The number of aromatic nitrogens is 2. The second kappa shape index (κ2) is 2.75. The summed E-state index contributed by atoms with van der Waals surface area (Å²) in [5.41, 5.74) is 7.73. The molecule has 0 aliphatic heterocycles. The Balaban J connectivity index is 2.21. The van der Waals surface area contributed by atoms with Crippen LogP contribution in [0.5, 0.6) is 0 Å². The summed E-state index contributed by atoms with van der Waals surface area (Å²) >= 11 is 0. The third kappa shape index (κ3) is 1.22. The topological polar surface area (TPSA) is 43.8 Å². The quantitative estimate of drug-likeness (QED) is 0.801. The van der Waals surface area contributed by atoms with Gasteiger partial charge in [0.1, 0.15) is 5.82 Å². The lowest BCUT2D eigenvalue weighted by atomic mass is 10.2. The van der Waals surface area contributed by atoms with Gasteiger partial charge in [-0.1, -0.05) is 13.8 Å². The van der Waals surface area contributed by atoms with Crippen LogP contribution in [-0.4, -0.2) is 9.55 Å². The zero-order chi connectivity index (χ0) is 11.5. The Bertz CT molecular complexity index is 571. The molecule has 1 saturated carbocycles. The molecule has 1 aliphatic carbocycles. The molecule has 3 nitrogen and oxygen atoms in total. The average molecular weight is 219 g/mol. The minimum atomic E-state index is -0.271. The van der Waals surface area contributed by atoms with Crippen molar-refractivity contribution in [2.24, 2.45) is 5.41 Å². The van der Waals surface area contributed by atoms with Gasteiger partial charge in [0.05, 0.1) is 11.0 Å². The van der Waals surface area contributed by atoms with E-state index in [4.69, 9.17) is 5.73 Å². The van der Waals surface area contributed by atoms with E-state index in [1.165, 1.54) is 12.1 Å². The van der Waals surface area contributed by atoms with Crippen molar-refractivity contribution in [1.82, 2.24) is 9.55 Å². The second-order valence-corrected chi connectivity index (χ2v) is 5.18. The molecular weight excluding hydrogens is 205 g/mol. The number of anilines is 1. The molecule has 1 fully saturated rings. The largest absolute Gasteiger partial charge is 0.369 e. The molecule has 0 radical (unpaired) electrons. The first-order valence-corrected chi connectivity index (χ1v) is 5.42. The Labute approximate surface area is 93.1 Å². The van der Waals surface area contributed by atoms with E-state index in [9.17, 15) is 4.39 Å². The lowest BCUT2D eigenvalue weighted by Crippen LogP contribution is -2.04. The molecule has 3 rings (SSSR count). The van der Waals surface area contributed by atoms with Gasteiger partial charge in [-0.3, -0.25) is 0 Å². The fraction of sp³-hybridized carbons (Fsp3) is 0.417. The van der Waals surface area contributed by atoms with Gasteiger partial charge in [0, 0.05) is 12.1 Å². The maximum absolute atomic E-state index is 13.1. The number of halogens is 1. The third-order valence-corrected chi connectivity index (χ3v) is 3.45. The highest BCUT2D eigenvalue weighted by atomic mass is 19.1. The van der Waals surface area contributed by atoms with Crippen LogP contribution >= 0.6 is 0 Å². The van der Waals surface area contributed by atoms with Gasteiger partial charge in [0.25, 0.3) is 0 Å². The Kier molecular flexibility index (Phi) is 1.66. The zero-order valence-electron chi connectivity index (χ0n) is 9.37. The number of imidazole rings is 1. The molecule has 2 aromatic rings. The van der Waals surface area contributed by atoms with E-state index in [2.05, 4.69) is 18.8 Å². The Morgan fingerprint density at radius 3 is 2.81 bits per heavy atom. The molecule has 16 heavy (non-hydrogen) atoms. The molecule has 0 saturated heterocycles. The predicted molar refractivity (Wildman–Crippen MR) is 61.5 cm³/mol. The summed E-state index contributed by atoms with van der Waals surface area (Å²) in [6.45, 7) is 4.40. The van der Waals surface area contributed by atoms with Gasteiger partial charge >= 0.3 is 0 Å². The van der Waals surface area contributed by atoms with Crippen molar-refractivity contribution < 1.29 is 4.39 Å². The fourth-order valence-corrected chi connectivity index (χ4v) is 2.30. The van der Waals surface area contributed by atoms with E-state index in [0.717, 1.165) is 11.9 Å². The van der Waals surface area contributed by atoms with Crippen molar-refractivity contribution in [3.8, 4) is 0 Å². The molecule has 0 bridgehead atoms. The van der Waals surface area contributed by atoms with Crippen molar-refractivity contribution in [3.63, 3.8) is 0 Å². The Morgan fingerprint density at radius 1 is 1.50 bits per heavy atom. The molecule has 1 aromatic heterocycles. The minimum absolute atomic E-state index is 0.271. The highest BCUT2D eigenvalue weighted by Gasteiger charge is 2.48. The smallest absolute Gasteiger partial charge is 0.201 e. The van der Waals surface area contributed by atoms with E-state index in [1.54, 1.807) is 6.07 Å². The lowest BCUT2D eigenvalue weighted by molar-refractivity contribution is 0.553. The van der Waals surface area contributed by atoms with Crippen LogP contribution in [0, 0.1) is 11.2 Å². The third-order valence-electron chi connectivity index (χ3n) is 3.45. The molecule has 1 unspecified atom stereocenters. The SMILES string of the molecule is CC1(C)CC1n1c(N)nc2cc(F)ccc21. The maximum atomic E-state index is 13.1. The zero-order valence-corrected chi connectivity index (χ0v) is 9.37. The van der Waals surface area contributed by atoms with Gasteiger partial charge in [0.2, 0.25) is 5.95 Å². The standard InChI is InChI=1S/C12H14FN3/c1-12(2)6-10(12)16-9-4-3-7(13)5-8(9)15-11(16)14/h3-5,10H,6H2,1-2H3,(H2,14,15). The van der Waals surface area contributed by atoms with Crippen LogP contribution in [0.1, 0.15) is 26.3 Å². The fourth-order valence-electron chi connectivity index (χ4n) is 2.30. The first-order chi connectivity index (χ1) is 7.49. The van der Waals surface area contributed by atoms with Crippen molar-refractivity contribution in [3.05, 3.63) is 24.0 Å². The van der Waals surface area contributed by atoms with Crippen LogP contribution in [0.15, 0.2) is 18.2 Å². The number of rotatable bonds is 1. The number of nitrogens with zero attached hydrogens (tertiary/aromatic N) is 2. The van der Waals surface area contributed by atoms with Gasteiger partial charge in [-0.05, 0) is 24.0 Å². The van der Waals surface area contributed by atoms with Gasteiger partial charge < -0.3 is 10.3 Å². The average Bonchev–Trinajstić information content (AvgIpc) is 2.67. The first-order valence-electron chi connectivity index (χ1n) is 5.42. The normalized spacial score (nSPS) is 22.6. The number of nitrogens with two attached hydrogens (primary N) is 1. The Hall–Kier alpha value is -1.58. The summed E-state index contributed by atoms with van der Waals surface area (Å²) in [4.78, 5) is 4.20. The van der Waals surface area contributed by atoms with Crippen molar-refractivity contribution in [2.45, 2.75) is 26.3 Å². The summed E-state index contributed by atoms with van der Waals surface area (Å²) in [7, 11) is 0. The minimum Gasteiger partial charge on any atom is -0.369 e. The second-order valence-electron chi connectivity index (χ2n) is 5.18. The molecule has 4 heteroatoms. The van der Waals surface area contributed by atoms with E-state index >= 15 is 0 Å². The van der Waals surface area contributed by atoms with Crippen molar-refractivity contribution >= 4 is 17.0 Å². The lowest BCUT2D eigenvalue weighted by Gasteiger charge is -2.08.